The van der Waals surface area contributed by atoms with Crippen LogP contribution in [-0.4, -0.2) is 18.3 Å². The van der Waals surface area contributed by atoms with Crippen molar-refractivity contribution in [2.24, 2.45) is 0 Å². The van der Waals surface area contributed by atoms with Crippen LogP contribution in [0.3, 0.4) is 0 Å². The van der Waals surface area contributed by atoms with Gasteiger partial charge in [-0.25, -0.2) is 0 Å². The summed E-state index contributed by atoms with van der Waals surface area (Å²) in [5, 5.41) is 11.8. The van der Waals surface area contributed by atoms with Crippen LogP contribution in [0.4, 0.5) is 0 Å². The second-order valence-electron chi connectivity index (χ2n) is 3.89. The summed E-state index contributed by atoms with van der Waals surface area (Å²) in [6, 6.07) is 19.5. The van der Waals surface area contributed by atoms with E-state index in [0.29, 0.717) is 6.54 Å². The lowest BCUT2D eigenvalue weighted by Crippen LogP contribution is -2.17. The maximum absolute atomic E-state index is 8.67. The standard InChI is InChI=1S/C15H16NO/c17-11-10-16-12-13-6-8-15(9-7-13)14-4-2-1-3-5-14/h1-2,4-9,16-17H,10-12H2. The number of aliphatic hydroxyl groups is 1. The van der Waals surface area contributed by atoms with Gasteiger partial charge in [0.2, 0.25) is 0 Å². The molecule has 87 valence electrons. The zero-order chi connectivity index (χ0) is 11.9. The first-order valence-electron chi connectivity index (χ1n) is 5.77. The normalized spacial score (nSPS) is 10.4. The van der Waals surface area contributed by atoms with E-state index in [1.165, 1.54) is 16.7 Å². The SMILES string of the molecule is OCCNCc1ccc(-c2c[c]ccc2)cc1. The van der Waals surface area contributed by atoms with Gasteiger partial charge in [-0.1, -0.05) is 42.5 Å². The van der Waals surface area contributed by atoms with Crippen molar-refractivity contribution in [3.63, 3.8) is 0 Å². The van der Waals surface area contributed by atoms with Crippen molar-refractivity contribution in [3.8, 4) is 11.1 Å². The Morgan fingerprint density at radius 1 is 1.06 bits per heavy atom. The first kappa shape index (κ1) is 11.8. The zero-order valence-corrected chi connectivity index (χ0v) is 9.69. The highest BCUT2D eigenvalue weighted by atomic mass is 16.3. The third kappa shape index (κ3) is 3.41. The first-order valence-corrected chi connectivity index (χ1v) is 5.77. The van der Waals surface area contributed by atoms with Crippen molar-refractivity contribution in [2.75, 3.05) is 13.2 Å². The predicted octanol–water partition coefficient (Wildman–Crippen LogP) is 2.24. The molecule has 2 heteroatoms. The summed E-state index contributed by atoms with van der Waals surface area (Å²) in [4.78, 5) is 0. The Morgan fingerprint density at radius 3 is 2.53 bits per heavy atom. The summed E-state index contributed by atoms with van der Waals surface area (Å²) in [7, 11) is 0. The molecule has 2 rings (SSSR count). The van der Waals surface area contributed by atoms with Crippen molar-refractivity contribution in [1.82, 2.24) is 5.32 Å². The highest BCUT2D eigenvalue weighted by molar-refractivity contribution is 5.63. The van der Waals surface area contributed by atoms with Crippen LogP contribution in [-0.2, 0) is 6.54 Å². The highest BCUT2D eigenvalue weighted by Crippen LogP contribution is 2.18. The average molecular weight is 226 g/mol. The van der Waals surface area contributed by atoms with Gasteiger partial charge in [-0.2, -0.15) is 0 Å². The van der Waals surface area contributed by atoms with Crippen LogP contribution in [0, 0.1) is 6.07 Å². The summed E-state index contributed by atoms with van der Waals surface area (Å²) in [5.74, 6) is 0. The molecule has 0 fully saturated rings. The number of nitrogens with one attached hydrogen (secondary N) is 1. The Kier molecular flexibility index (Phi) is 4.30. The summed E-state index contributed by atoms with van der Waals surface area (Å²) in [5.41, 5.74) is 3.61. The summed E-state index contributed by atoms with van der Waals surface area (Å²) in [6.07, 6.45) is 0. The van der Waals surface area contributed by atoms with Gasteiger partial charge in [-0.3, -0.25) is 0 Å². The Morgan fingerprint density at radius 2 is 1.88 bits per heavy atom. The van der Waals surface area contributed by atoms with Gasteiger partial charge in [0.05, 0.1) is 6.61 Å². The number of hydrogen-bond donors (Lipinski definition) is 2. The second-order valence-corrected chi connectivity index (χ2v) is 3.89. The minimum absolute atomic E-state index is 0.179. The fourth-order valence-corrected chi connectivity index (χ4v) is 1.70. The van der Waals surface area contributed by atoms with Crippen LogP contribution < -0.4 is 5.32 Å². The molecule has 0 saturated carbocycles. The minimum Gasteiger partial charge on any atom is -0.395 e. The van der Waals surface area contributed by atoms with Crippen LogP contribution in [0.5, 0.6) is 0 Å². The molecular formula is C15H16NO. The van der Waals surface area contributed by atoms with Gasteiger partial charge in [0.1, 0.15) is 0 Å². The lowest BCUT2D eigenvalue weighted by molar-refractivity contribution is 0.292. The number of benzene rings is 2. The number of rotatable bonds is 5. The third-order valence-electron chi connectivity index (χ3n) is 2.61. The van der Waals surface area contributed by atoms with E-state index in [0.717, 1.165) is 6.54 Å². The zero-order valence-electron chi connectivity index (χ0n) is 9.69. The van der Waals surface area contributed by atoms with E-state index in [4.69, 9.17) is 5.11 Å². The highest BCUT2D eigenvalue weighted by Gasteiger charge is 1.97. The van der Waals surface area contributed by atoms with Crippen LogP contribution in [0.2, 0.25) is 0 Å². The van der Waals surface area contributed by atoms with E-state index in [1.807, 2.05) is 18.2 Å². The van der Waals surface area contributed by atoms with Crippen molar-refractivity contribution >= 4 is 0 Å². The summed E-state index contributed by atoms with van der Waals surface area (Å²) < 4.78 is 0. The first-order chi connectivity index (χ1) is 8.40. The molecule has 0 aliphatic rings. The molecule has 0 bridgehead atoms. The maximum Gasteiger partial charge on any atom is 0.0556 e. The van der Waals surface area contributed by atoms with E-state index < -0.39 is 0 Å². The molecule has 0 spiro atoms. The van der Waals surface area contributed by atoms with E-state index in [-0.39, 0.29) is 6.61 Å². The Bertz CT molecular complexity index is 436. The van der Waals surface area contributed by atoms with Crippen LogP contribution >= 0.6 is 0 Å². The molecule has 0 aromatic heterocycles. The number of aliphatic hydroxyl groups excluding tert-OH is 1. The van der Waals surface area contributed by atoms with Crippen molar-refractivity contribution in [1.29, 1.82) is 0 Å². The smallest absolute Gasteiger partial charge is 0.0556 e. The number of hydrogen-bond acceptors (Lipinski definition) is 2. The molecule has 0 heterocycles. The largest absolute Gasteiger partial charge is 0.395 e. The molecule has 2 aromatic rings. The minimum atomic E-state index is 0.179. The van der Waals surface area contributed by atoms with Crippen molar-refractivity contribution < 1.29 is 5.11 Å². The van der Waals surface area contributed by atoms with E-state index in [1.54, 1.807) is 0 Å². The van der Waals surface area contributed by atoms with E-state index in [9.17, 15) is 0 Å². The van der Waals surface area contributed by atoms with E-state index >= 15 is 0 Å². The Balaban J connectivity index is 2.03. The lowest BCUT2D eigenvalue weighted by atomic mass is 10.0. The maximum atomic E-state index is 8.67. The Labute approximate surface area is 102 Å². The Hall–Kier alpha value is -1.64. The molecule has 2 N–H and O–H groups in total. The quantitative estimate of drug-likeness (QED) is 0.766. The van der Waals surface area contributed by atoms with Gasteiger partial charge in [-0.05, 0) is 28.8 Å². The van der Waals surface area contributed by atoms with Crippen molar-refractivity contribution in [2.45, 2.75) is 6.54 Å². The molecule has 0 aliphatic carbocycles. The van der Waals surface area contributed by atoms with E-state index in [2.05, 4.69) is 41.7 Å². The molecule has 0 atom stereocenters. The third-order valence-corrected chi connectivity index (χ3v) is 2.61. The van der Waals surface area contributed by atoms with Gasteiger partial charge in [0.25, 0.3) is 0 Å². The summed E-state index contributed by atoms with van der Waals surface area (Å²) in [6.45, 7) is 1.61. The van der Waals surface area contributed by atoms with Gasteiger partial charge < -0.3 is 10.4 Å². The van der Waals surface area contributed by atoms with Gasteiger partial charge in [0.15, 0.2) is 0 Å². The molecule has 2 aromatic carbocycles. The predicted molar refractivity (Wildman–Crippen MR) is 69.5 cm³/mol. The van der Waals surface area contributed by atoms with Crippen LogP contribution in [0.25, 0.3) is 11.1 Å². The fraction of sp³-hybridized carbons (Fsp3) is 0.200. The van der Waals surface area contributed by atoms with Crippen LogP contribution in [0.15, 0.2) is 48.5 Å². The molecular weight excluding hydrogens is 210 g/mol. The van der Waals surface area contributed by atoms with Gasteiger partial charge in [0, 0.05) is 13.1 Å². The van der Waals surface area contributed by atoms with Gasteiger partial charge in [-0.15, -0.1) is 0 Å². The molecule has 0 saturated heterocycles. The molecule has 17 heavy (non-hydrogen) atoms. The van der Waals surface area contributed by atoms with Crippen molar-refractivity contribution in [3.05, 3.63) is 60.2 Å². The topological polar surface area (TPSA) is 32.3 Å². The molecule has 0 aliphatic heterocycles. The summed E-state index contributed by atoms with van der Waals surface area (Å²) >= 11 is 0. The van der Waals surface area contributed by atoms with Gasteiger partial charge >= 0.3 is 0 Å². The second kappa shape index (κ2) is 6.18. The monoisotopic (exact) mass is 226 g/mol. The average Bonchev–Trinajstić information content (AvgIpc) is 2.41. The molecule has 1 radical (unpaired) electrons. The van der Waals surface area contributed by atoms with Crippen LogP contribution in [0.1, 0.15) is 5.56 Å². The lowest BCUT2D eigenvalue weighted by Gasteiger charge is -2.05. The molecule has 2 nitrogen and oxygen atoms in total. The fourth-order valence-electron chi connectivity index (χ4n) is 1.70. The molecule has 0 amide bonds. The molecule has 0 unspecified atom stereocenters.